The molecule has 0 radical (unpaired) electrons. The quantitative estimate of drug-likeness (QED) is 0.491. The average molecular weight is 430 g/mol. The molecule has 2 fully saturated rings. The molecule has 0 amide bonds. The molecule has 0 atom stereocenters. The number of rotatable bonds is 5. The Kier molecular flexibility index (Phi) is 7.56. The van der Waals surface area contributed by atoms with Gasteiger partial charge in [0.05, 0.1) is 13.2 Å². The molecule has 0 aromatic heterocycles. The lowest BCUT2D eigenvalue weighted by Crippen LogP contribution is -2.57. The van der Waals surface area contributed by atoms with Gasteiger partial charge < -0.3 is 15.4 Å². The molecule has 164 valence electrons. The van der Waals surface area contributed by atoms with Crippen LogP contribution in [0.1, 0.15) is 26.7 Å². The highest BCUT2D eigenvalue weighted by Crippen LogP contribution is 2.28. The third-order valence-electron chi connectivity index (χ3n) is 5.21. The predicted molar refractivity (Wildman–Crippen MR) is 101 cm³/mol. The molecule has 0 aliphatic carbocycles. The van der Waals surface area contributed by atoms with Gasteiger partial charge in [-0.1, -0.05) is 0 Å². The Labute approximate surface area is 164 Å². The maximum absolute atomic E-state index is 12.7. The van der Waals surface area contributed by atoms with Crippen molar-refractivity contribution in [3.05, 3.63) is 0 Å². The number of hydrogen-bond acceptors (Lipinski definition) is 5. The summed E-state index contributed by atoms with van der Waals surface area (Å²) in [4.78, 5) is 6.51. The first-order chi connectivity index (χ1) is 13.0. The Hall–Kier alpha value is -1.11. The molecular weight excluding hydrogens is 399 g/mol. The third-order valence-corrected chi connectivity index (χ3v) is 6.84. The summed E-state index contributed by atoms with van der Waals surface area (Å²) in [7, 11) is -3.63. The van der Waals surface area contributed by atoms with E-state index in [2.05, 4.69) is 34.4 Å². The van der Waals surface area contributed by atoms with Gasteiger partial charge in [0.1, 0.15) is 0 Å². The summed E-state index contributed by atoms with van der Waals surface area (Å²) in [5.41, 5.74) is -5.37. The lowest BCUT2D eigenvalue weighted by molar-refractivity contribution is -0.0494. The number of piperidine rings is 1. The SMILES string of the molecule is CN=C(NCC(C)(C)N1CCOCC1)NC1CCN(S(=O)(=O)C(F)(F)F)CC1. The van der Waals surface area contributed by atoms with Gasteiger partial charge in [-0.15, -0.1) is 0 Å². The van der Waals surface area contributed by atoms with Crippen molar-refractivity contribution in [3.63, 3.8) is 0 Å². The van der Waals surface area contributed by atoms with Crippen LogP contribution in [0.4, 0.5) is 13.2 Å². The first-order valence-electron chi connectivity index (χ1n) is 9.34. The van der Waals surface area contributed by atoms with Crippen molar-refractivity contribution in [1.82, 2.24) is 19.8 Å². The zero-order chi connectivity index (χ0) is 21.0. The zero-order valence-corrected chi connectivity index (χ0v) is 17.4. The minimum Gasteiger partial charge on any atom is -0.379 e. The number of guanidine groups is 1. The number of alkyl halides is 3. The van der Waals surface area contributed by atoms with Crippen LogP contribution in [0.2, 0.25) is 0 Å². The lowest BCUT2D eigenvalue weighted by atomic mass is 10.0. The van der Waals surface area contributed by atoms with Crippen LogP contribution in [0.25, 0.3) is 0 Å². The van der Waals surface area contributed by atoms with Crippen LogP contribution in [0.3, 0.4) is 0 Å². The van der Waals surface area contributed by atoms with Gasteiger partial charge in [0.25, 0.3) is 0 Å². The number of nitrogens with one attached hydrogen (secondary N) is 2. The molecule has 0 bridgehead atoms. The molecule has 2 rings (SSSR count). The molecule has 28 heavy (non-hydrogen) atoms. The van der Waals surface area contributed by atoms with Crippen LogP contribution in [-0.4, -0.2) is 93.7 Å². The second-order valence-corrected chi connectivity index (χ2v) is 9.54. The number of morpholine rings is 1. The number of halogens is 3. The van der Waals surface area contributed by atoms with Crippen molar-refractivity contribution >= 4 is 16.0 Å². The Balaban J connectivity index is 1.83. The molecule has 0 saturated carbocycles. The van der Waals surface area contributed by atoms with Crippen LogP contribution in [-0.2, 0) is 14.8 Å². The standard InChI is InChI=1S/C16H30F3N5O3S/c1-15(2,23-8-10-27-11-9-23)12-21-14(20-3)22-13-4-6-24(7-5-13)28(25,26)16(17,18)19/h13H,4-12H2,1-3H3,(H2,20,21,22). The Bertz CT molecular complexity index is 640. The van der Waals surface area contributed by atoms with Crippen LogP contribution < -0.4 is 10.6 Å². The summed E-state index contributed by atoms with van der Waals surface area (Å²) in [5, 5.41) is 6.45. The maximum Gasteiger partial charge on any atom is 0.511 e. The molecular formula is C16H30F3N5O3S. The van der Waals surface area contributed by atoms with E-state index < -0.39 is 15.5 Å². The van der Waals surface area contributed by atoms with E-state index in [9.17, 15) is 21.6 Å². The minimum absolute atomic E-state index is 0.119. The number of sulfonamides is 1. The van der Waals surface area contributed by atoms with E-state index in [1.807, 2.05) is 0 Å². The fourth-order valence-corrected chi connectivity index (χ4v) is 4.34. The highest BCUT2D eigenvalue weighted by molar-refractivity contribution is 7.90. The molecule has 12 heteroatoms. The predicted octanol–water partition coefficient (Wildman–Crippen LogP) is 0.576. The van der Waals surface area contributed by atoms with Gasteiger partial charge in [0.2, 0.25) is 0 Å². The van der Waals surface area contributed by atoms with Gasteiger partial charge in [-0.3, -0.25) is 9.89 Å². The first-order valence-corrected chi connectivity index (χ1v) is 10.8. The molecule has 2 heterocycles. The van der Waals surface area contributed by atoms with E-state index in [-0.39, 0.29) is 37.5 Å². The fraction of sp³-hybridized carbons (Fsp3) is 0.938. The summed E-state index contributed by atoms with van der Waals surface area (Å²) >= 11 is 0. The van der Waals surface area contributed by atoms with Crippen LogP contribution in [0, 0.1) is 0 Å². The number of nitrogens with zero attached hydrogens (tertiary/aromatic N) is 3. The summed E-state index contributed by atoms with van der Waals surface area (Å²) in [6, 6.07) is -0.141. The van der Waals surface area contributed by atoms with Crippen molar-refractivity contribution in [3.8, 4) is 0 Å². The number of ether oxygens (including phenoxy) is 1. The monoisotopic (exact) mass is 429 g/mol. The summed E-state index contributed by atoms with van der Waals surface area (Å²) in [6.07, 6.45) is 0.561. The molecule has 2 aliphatic heterocycles. The van der Waals surface area contributed by atoms with E-state index in [0.29, 0.717) is 30.0 Å². The van der Waals surface area contributed by atoms with Crippen molar-refractivity contribution < 1.29 is 26.3 Å². The summed E-state index contributed by atoms with van der Waals surface area (Å²) < 4.78 is 66.8. The van der Waals surface area contributed by atoms with Gasteiger partial charge in [-0.05, 0) is 26.7 Å². The molecule has 0 unspecified atom stereocenters. The van der Waals surface area contributed by atoms with E-state index in [0.717, 1.165) is 13.1 Å². The fourth-order valence-electron chi connectivity index (χ4n) is 3.36. The summed E-state index contributed by atoms with van der Waals surface area (Å²) in [6.45, 7) is 7.66. The summed E-state index contributed by atoms with van der Waals surface area (Å²) in [5.74, 6) is 0.554. The highest BCUT2D eigenvalue weighted by atomic mass is 32.2. The molecule has 2 aliphatic rings. The second-order valence-electron chi connectivity index (χ2n) is 7.61. The van der Waals surface area contributed by atoms with Gasteiger partial charge in [-0.2, -0.15) is 17.5 Å². The van der Waals surface area contributed by atoms with Gasteiger partial charge in [0.15, 0.2) is 5.96 Å². The molecule has 0 spiro atoms. The van der Waals surface area contributed by atoms with Crippen LogP contribution in [0.15, 0.2) is 4.99 Å². The van der Waals surface area contributed by atoms with Gasteiger partial charge in [-0.25, -0.2) is 8.42 Å². The average Bonchev–Trinajstić information content (AvgIpc) is 2.65. The van der Waals surface area contributed by atoms with Crippen molar-refractivity contribution in [2.45, 2.75) is 43.8 Å². The Morgan fingerprint density at radius 3 is 2.21 bits per heavy atom. The molecule has 2 N–H and O–H groups in total. The van der Waals surface area contributed by atoms with Gasteiger partial charge in [0, 0.05) is 51.4 Å². The van der Waals surface area contributed by atoms with E-state index in [4.69, 9.17) is 4.74 Å². The normalized spacial score (nSPS) is 22.3. The first kappa shape index (κ1) is 23.2. The lowest BCUT2D eigenvalue weighted by Gasteiger charge is -2.41. The molecule has 8 nitrogen and oxygen atoms in total. The Morgan fingerprint density at radius 1 is 1.14 bits per heavy atom. The van der Waals surface area contributed by atoms with E-state index >= 15 is 0 Å². The van der Waals surface area contributed by atoms with Crippen LogP contribution in [0.5, 0.6) is 0 Å². The smallest absolute Gasteiger partial charge is 0.379 e. The van der Waals surface area contributed by atoms with Crippen LogP contribution >= 0.6 is 0 Å². The van der Waals surface area contributed by atoms with Crippen molar-refractivity contribution in [2.24, 2.45) is 4.99 Å². The number of hydrogen-bond donors (Lipinski definition) is 2. The van der Waals surface area contributed by atoms with E-state index in [1.165, 1.54) is 0 Å². The molecule has 0 aromatic carbocycles. The maximum atomic E-state index is 12.7. The van der Waals surface area contributed by atoms with Crippen molar-refractivity contribution in [1.29, 1.82) is 0 Å². The number of aliphatic imine (C=N–C) groups is 1. The van der Waals surface area contributed by atoms with Gasteiger partial charge >= 0.3 is 15.5 Å². The minimum atomic E-state index is -5.26. The highest BCUT2D eigenvalue weighted by Gasteiger charge is 2.50. The topological polar surface area (TPSA) is 86.3 Å². The molecule has 0 aromatic rings. The third kappa shape index (κ3) is 5.71. The zero-order valence-electron chi connectivity index (χ0n) is 16.5. The largest absolute Gasteiger partial charge is 0.511 e. The van der Waals surface area contributed by atoms with E-state index in [1.54, 1.807) is 7.05 Å². The molecule has 2 saturated heterocycles. The Morgan fingerprint density at radius 2 is 1.71 bits per heavy atom. The van der Waals surface area contributed by atoms with Crippen molar-refractivity contribution in [2.75, 3.05) is 53.0 Å². The second kappa shape index (κ2) is 9.14.